The first-order valence-electron chi connectivity index (χ1n) is 10.3. The van der Waals surface area contributed by atoms with E-state index < -0.39 is 5.66 Å². The SMILES string of the molecule is COc1cc(C(=O)N2C(=S)C(c3ccccc3)=NC2(C)c2ccccc2)cc(OC)c1OC. The Morgan fingerprint density at radius 1 is 0.879 bits per heavy atom. The maximum Gasteiger partial charge on any atom is 0.261 e. The molecule has 0 aliphatic carbocycles. The van der Waals surface area contributed by atoms with E-state index in [0.717, 1.165) is 11.1 Å². The zero-order valence-electron chi connectivity index (χ0n) is 18.9. The van der Waals surface area contributed by atoms with E-state index in [9.17, 15) is 4.79 Å². The van der Waals surface area contributed by atoms with Gasteiger partial charge in [-0.25, -0.2) is 4.99 Å². The minimum absolute atomic E-state index is 0.319. The predicted octanol–water partition coefficient (Wildman–Crippen LogP) is 4.86. The van der Waals surface area contributed by atoms with Crippen LogP contribution in [0.1, 0.15) is 28.4 Å². The van der Waals surface area contributed by atoms with E-state index in [0.29, 0.717) is 33.5 Å². The third kappa shape index (κ3) is 3.85. The fourth-order valence-electron chi connectivity index (χ4n) is 3.97. The quantitative estimate of drug-likeness (QED) is 0.492. The summed E-state index contributed by atoms with van der Waals surface area (Å²) < 4.78 is 16.3. The summed E-state index contributed by atoms with van der Waals surface area (Å²) in [5.74, 6) is 0.861. The molecule has 1 unspecified atom stereocenters. The Morgan fingerprint density at radius 2 is 1.42 bits per heavy atom. The lowest BCUT2D eigenvalue weighted by Crippen LogP contribution is -2.46. The number of thiocarbonyl (C=S) groups is 1. The average molecular weight is 461 g/mol. The van der Waals surface area contributed by atoms with Crippen LogP contribution >= 0.6 is 12.2 Å². The highest BCUT2D eigenvalue weighted by Gasteiger charge is 2.46. The summed E-state index contributed by atoms with van der Waals surface area (Å²) in [5.41, 5.74) is 1.61. The minimum atomic E-state index is -1.03. The fraction of sp³-hybridized carbons (Fsp3) is 0.192. The Balaban J connectivity index is 1.87. The Kier molecular flexibility index (Phi) is 6.16. The second-order valence-corrected chi connectivity index (χ2v) is 7.96. The Morgan fingerprint density at radius 3 is 1.94 bits per heavy atom. The van der Waals surface area contributed by atoms with E-state index in [4.69, 9.17) is 31.4 Å². The number of aliphatic imine (C=N–C) groups is 1. The van der Waals surface area contributed by atoms with Crippen molar-refractivity contribution in [3.63, 3.8) is 0 Å². The number of benzene rings is 3. The second-order valence-electron chi connectivity index (χ2n) is 7.57. The molecule has 33 heavy (non-hydrogen) atoms. The van der Waals surface area contributed by atoms with Gasteiger partial charge in [-0.05, 0) is 24.6 Å². The van der Waals surface area contributed by atoms with Gasteiger partial charge in [-0.1, -0.05) is 72.9 Å². The van der Waals surface area contributed by atoms with Crippen molar-refractivity contribution < 1.29 is 19.0 Å². The molecule has 7 heteroatoms. The average Bonchev–Trinajstić information content (AvgIpc) is 3.14. The molecule has 1 atom stereocenters. The number of hydrogen-bond acceptors (Lipinski definition) is 6. The lowest BCUT2D eigenvalue weighted by atomic mass is 9.99. The molecule has 1 aliphatic heterocycles. The van der Waals surface area contributed by atoms with Crippen LogP contribution < -0.4 is 14.2 Å². The molecule has 4 rings (SSSR count). The Labute approximate surface area is 198 Å². The summed E-state index contributed by atoms with van der Waals surface area (Å²) >= 11 is 5.83. The van der Waals surface area contributed by atoms with Gasteiger partial charge in [0, 0.05) is 11.1 Å². The number of ether oxygens (including phenoxy) is 3. The molecule has 0 aromatic heterocycles. The molecule has 168 valence electrons. The molecule has 0 saturated carbocycles. The van der Waals surface area contributed by atoms with E-state index in [1.165, 1.54) is 21.3 Å². The van der Waals surface area contributed by atoms with Gasteiger partial charge < -0.3 is 14.2 Å². The molecule has 0 spiro atoms. The van der Waals surface area contributed by atoms with Gasteiger partial charge in [0.25, 0.3) is 5.91 Å². The van der Waals surface area contributed by atoms with E-state index in [1.807, 2.05) is 67.6 Å². The van der Waals surface area contributed by atoms with Gasteiger partial charge in [0.05, 0.1) is 21.3 Å². The van der Waals surface area contributed by atoms with Crippen molar-refractivity contribution in [3.05, 3.63) is 89.5 Å². The number of amides is 1. The topological polar surface area (TPSA) is 60.4 Å². The van der Waals surface area contributed by atoms with Gasteiger partial charge >= 0.3 is 0 Å². The molecule has 0 N–H and O–H groups in total. The molecule has 3 aromatic carbocycles. The summed E-state index contributed by atoms with van der Waals surface area (Å²) in [6.07, 6.45) is 0. The zero-order valence-corrected chi connectivity index (χ0v) is 19.7. The lowest BCUT2D eigenvalue weighted by Gasteiger charge is -2.33. The number of nitrogens with zero attached hydrogens (tertiary/aromatic N) is 2. The number of rotatable bonds is 6. The van der Waals surface area contributed by atoms with Crippen molar-refractivity contribution in [2.24, 2.45) is 4.99 Å². The zero-order chi connectivity index (χ0) is 23.6. The molecule has 1 amide bonds. The summed E-state index contributed by atoms with van der Waals surface area (Å²) in [6, 6.07) is 22.5. The summed E-state index contributed by atoms with van der Waals surface area (Å²) in [4.78, 5) is 20.9. The number of carbonyl (C=O) groups excluding carboxylic acids is 1. The first kappa shape index (κ1) is 22.5. The van der Waals surface area contributed by atoms with E-state index in [-0.39, 0.29) is 5.91 Å². The van der Waals surface area contributed by atoms with Crippen molar-refractivity contribution >= 4 is 28.8 Å². The van der Waals surface area contributed by atoms with Crippen LogP contribution in [0, 0.1) is 0 Å². The van der Waals surface area contributed by atoms with Crippen LogP contribution in [0.4, 0.5) is 0 Å². The van der Waals surface area contributed by atoms with Crippen molar-refractivity contribution in [2.45, 2.75) is 12.6 Å². The summed E-state index contributed by atoms with van der Waals surface area (Å²) in [6.45, 7) is 1.89. The molecule has 0 radical (unpaired) electrons. The lowest BCUT2D eigenvalue weighted by molar-refractivity contribution is 0.0735. The molecule has 1 aliphatic rings. The van der Waals surface area contributed by atoms with Gasteiger partial charge in [-0.2, -0.15) is 0 Å². The molecular formula is C26H24N2O4S. The minimum Gasteiger partial charge on any atom is -0.493 e. The highest BCUT2D eigenvalue weighted by atomic mass is 32.1. The van der Waals surface area contributed by atoms with Gasteiger partial charge in [0.1, 0.15) is 10.7 Å². The number of hydrogen-bond donors (Lipinski definition) is 0. The van der Waals surface area contributed by atoms with Crippen LogP contribution in [0.25, 0.3) is 0 Å². The molecule has 1 heterocycles. The number of methoxy groups -OCH3 is 3. The van der Waals surface area contributed by atoms with E-state index in [2.05, 4.69) is 0 Å². The standard InChI is InChI=1S/C26H24N2O4S/c1-26(19-13-9-6-10-14-19)27-22(17-11-7-5-8-12-17)25(33)28(26)24(29)18-15-20(30-2)23(32-4)21(16-18)31-3/h5-16H,1-4H3. The molecular weight excluding hydrogens is 436 g/mol. The number of carbonyl (C=O) groups is 1. The predicted molar refractivity (Wildman–Crippen MR) is 132 cm³/mol. The van der Waals surface area contributed by atoms with Gasteiger partial charge in [0.15, 0.2) is 17.2 Å². The van der Waals surface area contributed by atoms with Crippen LogP contribution in [0.2, 0.25) is 0 Å². The van der Waals surface area contributed by atoms with Crippen LogP contribution in [0.5, 0.6) is 17.2 Å². The molecule has 0 fully saturated rings. The maximum absolute atomic E-state index is 14.0. The second kappa shape index (κ2) is 9.03. The van der Waals surface area contributed by atoms with Crippen molar-refractivity contribution in [1.82, 2.24) is 4.90 Å². The largest absolute Gasteiger partial charge is 0.493 e. The highest BCUT2D eigenvalue weighted by Crippen LogP contribution is 2.41. The maximum atomic E-state index is 14.0. The smallest absolute Gasteiger partial charge is 0.261 e. The van der Waals surface area contributed by atoms with Gasteiger partial charge in [-0.15, -0.1) is 0 Å². The third-order valence-electron chi connectivity index (χ3n) is 5.65. The third-order valence-corrected chi connectivity index (χ3v) is 6.03. The first-order valence-corrected chi connectivity index (χ1v) is 10.7. The van der Waals surface area contributed by atoms with E-state index >= 15 is 0 Å². The monoisotopic (exact) mass is 460 g/mol. The fourth-order valence-corrected chi connectivity index (χ4v) is 4.40. The van der Waals surface area contributed by atoms with Crippen molar-refractivity contribution in [1.29, 1.82) is 0 Å². The molecule has 6 nitrogen and oxygen atoms in total. The van der Waals surface area contributed by atoms with E-state index in [1.54, 1.807) is 17.0 Å². The van der Waals surface area contributed by atoms with Crippen LogP contribution in [0.15, 0.2) is 77.8 Å². The first-order chi connectivity index (χ1) is 15.9. The van der Waals surface area contributed by atoms with Crippen LogP contribution in [-0.4, -0.2) is 42.8 Å². The Bertz CT molecular complexity index is 1200. The Hall–Kier alpha value is -3.71. The summed E-state index contributed by atoms with van der Waals surface area (Å²) in [7, 11) is 4.54. The normalized spacial score (nSPS) is 17.5. The molecule has 0 bridgehead atoms. The van der Waals surface area contributed by atoms with Crippen molar-refractivity contribution in [3.8, 4) is 17.2 Å². The molecule has 3 aromatic rings. The van der Waals surface area contributed by atoms with Gasteiger partial charge in [-0.3, -0.25) is 9.69 Å². The highest BCUT2D eigenvalue weighted by molar-refractivity contribution is 7.82. The van der Waals surface area contributed by atoms with Crippen molar-refractivity contribution in [2.75, 3.05) is 21.3 Å². The molecule has 0 saturated heterocycles. The van der Waals surface area contributed by atoms with Crippen LogP contribution in [-0.2, 0) is 5.66 Å². The van der Waals surface area contributed by atoms with Gasteiger partial charge in [0.2, 0.25) is 5.75 Å². The van der Waals surface area contributed by atoms with Crippen LogP contribution in [0.3, 0.4) is 0 Å². The summed E-state index contributed by atoms with van der Waals surface area (Å²) in [5, 5.41) is 0.